The first kappa shape index (κ1) is 26.7. The van der Waals surface area contributed by atoms with Crippen LogP contribution >= 0.6 is 0 Å². The van der Waals surface area contributed by atoms with Crippen molar-refractivity contribution in [1.82, 2.24) is 20.2 Å². The van der Waals surface area contributed by atoms with Crippen molar-refractivity contribution in [3.8, 4) is 11.1 Å². The summed E-state index contributed by atoms with van der Waals surface area (Å²) in [5, 5.41) is 6.71. The Hall–Kier alpha value is -4.85. The lowest BCUT2D eigenvalue weighted by Crippen LogP contribution is -2.33. The molecule has 0 aliphatic carbocycles. The molecule has 5 rings (SSSR count). The highest BCUT2D eigenvalue weighted by molar-refractivity contribution is 5.95. The van der Waals surface area contributed by atoms with Gasteiger partial charge in [0.2, 0.25) is 5.91 Å². The zero-order chi connectivity index (χ0) is 28.2. The number of nitrogens with zero attached hydrogens (tertiary/aromatic N) is 2. The molecule has 5 aromatic rings. The molecule has 40 heavy (non-hydrogen) atoms. The van der Waals surface area contributed by atoms with Crippen LogP contribution < -0.4 is 10.6 Å². The van der Waals surface area contributed by atoms with Gasteiger partial charge in [-0.1, -0.05) is 36.4 Å². The van der Waals surface area contributed by atoms with Gasteiger partial charge in [0.1, 0.15) is 18.2 Å². The summed E-state index contributed by atoms with van der Waals surface area (Å²) in [7, 11) is 1.56. The number of para-hydroxylation sites is 1. The number of carbonyl (C=O) groups is 2. The molecule has 2 heterocycles. The van der Waals surface area contributed by atoms with Crippen LogP contribution in [-0.2, 0) is 17.8 Å². The summed E-state index contributed by atoms with van der Waals surface area (Å²) in [4.78, 5) is 30.4. The fraction of sp³-hybridized carbons (Fsp3) is 0.156. The topological polar surface area (TPSA) is 76.0 Å². The molecule has 8 heteroatoms. The van der Waals surface area contributed by atoms with Gasteiger partial charge in [-0.05, 0) is 72.3 Å². The quantitative estimate of drug-likeness (QED) is 0.264. The third-order valence-electron chi connectivity index (χ3n) is 6.85. The highest BCUT2D eigenvalue weighted by Crippen LogP contribution is 2.30. The molecule has 0 aliphatic rings. The van der Waals surface area contributed by atoms with E-state index in [2.05, 4.69) is 15.6 Å². The molecule has 0 fully saturated rings. The second kappa shape index (κ2) is 11.5. The third kappa shape index (κ3) is 5.76. The molecule has 3 aromatic carbocycles. The van der Waals surface area contributed by atoms with Crippen molar-refractivity contribution in [2.24, 2.45) is 0 Å². The van der Waals surface area contributed by atoms with E-state index in [0.717, 1.165) is 28.2 Å². The Bertz CT molecular complexity index is 1690. The van der Waals surface area contributed by atoms with Gasteiger partial charge in [-0.3, -0.25) is 14.6 Å². The third-order valence-corrected chi connectivity index (χ3v) is 6.85. The Balaban J connectivity index is 1.53. The minimum absolute atomic E-state index is 0.0572. The van der Waals surface area contributed by atoms with E-state index in [0.29, 0.717) is 22.4 Å². The molecule has 2 N–H and O–H groups in total. The van der Waals surface area contributed by atoms with Crippen molar-refractivity contribution in [3.63, 3.8) is 0 Å². The van der Waals surface area contributed by atoms with Crippen LogP contribution in [0.4, 0.5) is 8.78 Å². The Morgan fingerprint density at radius 1 is 0.925 bits per heavy atom. The number of hydrogen-bond acceptors (Lipinski definition) is 3. The highest BCUT2D eigenvalue weighted by Gasteiger charge is 2.22. The van der Waals surface area contributed by atoms with Crippen LogP contribution in [0.25, 0.3) is 22.0 Å². The molecule has 0 radical (unpaired) electrons. The zero-order valence-corrected chi connectivity index (χ0v) is 22.1. The number of aryl methyl sites for hydroxylation is 1. The average molecular weight is 539 g/mol. The van der Waals surface area contributed by atoms with Gasteiger partial charge in [0.15, 0.2) is 0 Å². The standard InChI is InChI=1S/C32H28F2N4O2/c1-20-13-23-7-3-4-11-29(23)38(20)19-30(39)37-28(16-21-14-25(33)18-26(34)15-21)31-27(10-6-12-36-31)22-8-5-9-24(17-22)32(40)35-2/h3-15,17-18,28H,16,19H2,1-2H3,(H,35,40)(H,37,39)/t28-/m0/s1. The van der Waals surface area contributed by atoms with E-state index in [4.69, 9.17) is 0 Å². The Morgan fingerprint density at radius 2 is 1.70 bits per heavy atom. The molecule has 0 bridgehead atoms. The molecule has 0 unspecified atom stereocenters. The second-order valence-electron chi connectivity index (χ2n) is 9.63. The lowest BCUT2D eigenvalue weighted by Gasteiger charge is -2.22. The summed E-state index contributed by atoms with van der Waals surface area (Å²) in [5.41, 5.74) is 4.65. The molecular weight excluding hydrogens is 510 g/mol. The predicted molar refractivity (Wildman–Crippen MR) is 151 cm³/mol. The fourth-order valence-corrected chi connectivity index (χ4v) is 5.03. The maximum atomic E-state index is 14.1. The number of aromatic nitrogens is 2. The normalized spacial score (nSPS) is 11.8. The van der Waals surface area contributed by atoms with E-state index in [-0.39, 0.29) is 24.8 Å². The SMILES string of the molecule is CNC(=O)c1cccc(-c2cccnc2[C@H](Cc2cc(F)cc(F)c2)NC(=O)Cn2c(C)cc3ccccc32)c1. The predicted octanol–water partition coefficient (Wildman–Crippen LogP) is 5.75. The fourth-order valence-electron chi connectivity index (χ4n) is 5.03. The van der Waals surface area contributed by atoms with E-state index in [9.17, 15) is 18.4 Å². The number of halogens is 2. The number of hydrogen-bond donors (Lipinski definition) is 2. The van der Waals surface area contributed by atoms with Crippen molar-refractivity contribution in [2.45, 2.75) is 25.9 Å². The molecule has 2 aromatic heterocycles. The first-order chi connectivity index (χ1) is 19.3. The van der Waals surface area contributed by atoms with Crippen LogP contribution in [0, 0.1) is 18.6 Å². The van der Waals surface area contributed by atoms with E-state index in [1.54, 1.807) is 37.5 Å². The number of nitrogens with one attached hydrogen (secondary N) is 2. The van der Waals surface area contributed by atoms with Gasteiger partial charge >= 0.3 is 0 Å². The number of amides is 2. The summed E-state index contributed by atoms with van der Waals surface area (Å²) in [6.07, 6.45) is 1.71. The van der Waals surface area contributed by atoms with Crippen molar-refractivity contribution in [2.75, 3.05) is 7.05 Å². The van der Waals surface area contributed by atoms with Gasteiger partial charge in [0, 0.05) is 41.6 Å². The first-order valence-corrected chi connectivity index (χ1v) is 12.9. The van der Waals surface area contributed by atoms with Gasteiger partial charge in [0.25, 0.3) is 5.91 Å². The molecule has 2 amide bonds. The van der Waals surface area contributed by atoms with Crippen molar-refractivity contribution >= 4 is 22.7 Å². The van der Waals surface area contributed by atoms with Gasteiger partial charge in [-0.25, -0.2) is 8.78 Å². The second-order valence-corrected chi connectivity index (χ2v) is 9.63. The number of pyridine rings is 1. The van der Waals surface area contributed by atoms with Crippen molar-refractivity contribution in [1.29, 1.82) is 0 Å². The van der Waals surface area contributed by atoms with Gasteiger partial charge in [0.05, 0.1) is 11.7 Å². The summed E-state index contributed by atoms with van der Waals surface area (Å²) in [6.45, 7) is 2.00. The van der Waals surface area contributed by atoms with E-state index < -0.39 is 17.7 Å². The number of fused-ring (bicyclic) bond motifs is 1. The highest BCUT2D eigenvalue weighted by atomic mass is 19.1. The number of benzene rings is 3. The van der Waals surface area contributed by atoms with Gasteiger partial charge in [-0.2, -0.15) is 0 Å². The monoisotopic (exact) mass is 538 g/mol. The van der Waals surface area contributed by atoms with Crippen LogP contribution in [0.5, 0.6) is 0 Å². The van der Waals surface area contributed by atoms with E-state index in [1.807, 2.05) is 54.0 Å². The number of carbonyl (C=O) groups excluding carboxylic acids is 2. The minimum atomic E-state index is -0.712. The zero-order valence-electron chi connectivity index (χ0n) is 22.1. The molecule has 0 saturated heterocycles. The van der Waals surface area contributed by atoms with Crippen LogP contribution in [0.3, 0.4) is 0 Å². The van der Waals surface area contributed by atoms with Crippen molar-refractivity contribution in [3.05, 3.63) is 125 Å². The summed E-state index contributed by atoms with van der Waals surface area (Å²) >= 11 is 0. The summed E-state index contributed by atoms with van der Waals surface area (Å²) < 4.78 is 30.1. The van der Waals surface area contributed by atoms with E-state index in [1.165, 1.54) is 12.1 Å². The summed E-state index contributed by atoms with van der Waals surface area (Å²) in [6, 6.07) is 23.1. The average Bonchev–Trinajstić information content (AvgIpc) is 3.26. The molecule has 1 atom stereocenters. The minimum Gasteiger partial charge on any atom is -0.355 e. The summed E-state index contributed by atoms with van der Waals surface area (Å²) in [5.74, 6) is -1.91. The Kier molecular flexibility index (Phi) is 7.68. The Morgan fingerprint density at radius 3 is 2.48 bits per heavy atom. The molecule has 6 nitrogen and oxygen atoms in total. The number of rotatable bonds is 8. The Labute approximate surface area is 230 Å². The van der Waals surface area contributed by atoms with Crippen LogP contribution in [0.15, 0.2) is 91.1 Å². The van der Waals surface area contributed by atoms with Crippen LogP contribution in [0.1, 0.15) is 33.4 Å². The van der Waals surface area contributed by atoms with Gasteiger partial charge < -0.3 is 15.2 Å². The van der Waals surface area contributed by atoms with Gasteiger partial charge in [-0.15, -0.1) is 0 Å². The molecule has 0 spiro atoms. The first-order valence-electron chi connectivity index (χ1n) is 12.9. The van der Waals surface area contributed by atoms with Crippen LogP contribution in [0.2, 0.25) is 0 Å². The lowest BCUT2D eigenvalue weighted by atomic mass is 9.94. The molecule has 0 aliphatic heterocycles. The largest absolute Gasteiger partial charge is 0.355 e. The van der Waals surface area contributed by atoms with Crippen molar-refractivity contribution < 1.29 is 18.4 Å². The lowest BCUT2D eigenvalue weighted by molar-refractivity contribution is -0.122. The maximum Gasteiger partial charge on any atom is 0.251 e. The molecular formula is C32H28F2N4O2. The van der Waals surface area contributed by atoms with Crippen LogP contribution in [-0.4, -0.2) is 28.4 Å². The molecule has 202 valence electrons. The smallest absolute Gasteiger partial charge is 0.251 e. The molecule has 0 saturated carbocycles. The maximum absolute atomic E-state index is 14.1. The van der Waals surface area contributed by atoms with E-state index >= 15 is 0 Å².